The molecular weight excluding hydrogens is 212 g/mol. The average Bonchev–Trinajstić information content (AvgIpc) is 2.34. The summed E-state index contributed by atoms with van der Waals surface area (Å²) in [4.78, 5) is 4.04. The second kappa shape index (κ2) is 4.87. The third-order valence-corrected chi connectivity index (χ3v) is 2.71. The van der Waals surface area contributed by atoms with Gasteiger partial charge in [-0.1, -0.05) is 12.1 Å². The molecule has 0 saturated heterocycles. The van der Waals surface area contributed by atoms with Crippen molar-refractivity contribution < 1.29 is 5.11 Å². The predicted octanol–water partition coefficient (Wildman–Crippen LogP) is 3.02. The monoisotopic (exact) mass is 228 g/mol. The van der Waals surface area contributed by atoms with Crippen molar-refractivity contribution in [3.8, 4) is 5.75 Å². The molecule has 0 amide bonds. The fourth-order valence-corrected chi connectivity index (χ4v) is 1.82. The number of rotatable bonds is 3. The first-order valence-corrected chi connectivity index (χ1v) is 5.60. The van der Waals surface area contributed by atoms with Gasteiger partial charge in [0.05, 0.1) is 5.69 Å². The van der Waals surface area contributed by atoms with E-state index in [1.807, 2.05) is 38.1 Å². The lowest BCUT2D eigenvalue weighted by Gasteiger charge is -2.09. The van der Waals surface area contributed by atoms with Gasteiger partial charge in [0.1, 0.15) is 5.75 Å². The van der Waals surface area contributed by atoms with E-state index in [-0.39, 0.29) is 0 Å². The fourth-order valence-electron chi connectivity index (χ4n) is 1.82. The molecule has 2 aromatic rings. The zero-order chi connectivity index (χ0) is 12.3. The first-order valence-electron chi connectivity index (χ1n) is 5.60. The molecule has 0 radical (unpaired) electrons. The van der Waals surface area contributed by atoms with Crippen LogP contribution in [0.4, 0.5) is 5.69 Å². The van der Waals surface area contributed by atoms with Crippen molar-refractivity contribution in [2.45, 2.75) is 20.4 Å². The Hall–Kier alpha value is -2.03. The summed E-state index contributed by atoms with van der Waals surface area (Å²) in [7, 11) is 0. The number of benzene rings is 1. The van der Waals surface area contributed by atoms with Gasteiger partial charge in [-0.15, -0.1) is 0 Å². The normalized spacial score (nSPS) is 10.2. The van der Waals surface area contributed by atoms with Crippen LogP contribution < -0.4 is 5.32 Å². The molecule has 0 aliphatic carbocycles. The summed E-state index contributed by atoms with van der Waals surface area (Å²) >= 11 is 0. The van der Waals surface area contributed by atoms with Crippen LogP contribution in [-0.4, -0.2) is 10.1 Å². The Kier molecular flexibility index (Phi) is 3.28. The largest absolute Gasteiger partial charge is 0.507 e. The number of phenolic OH excluding ortho intramolecular Hbond substituents is 1. The summed E-state index contributed by atoms with van der Waals surface area (Å²) < 4.78 is 0. The molecule has 0 fully saturated rings. The summed E-state index contributed by atoms with van der Waals surface area (Å²) in [6, 6.07) is 7.86. The van der Waals surface area contributed by atoms with Crippen LogP contribution in [0, 0.1) is 13.8 Å². The highest BCUT2D eigenvalue weighted by Gasteiger charge is 2.03. The maximum Gasteiger partial charge on any atom is 0.121 e. The van der Waals surface area contributed by atoms with Gasteiger partial charge in [0.2, 0.25) is 0 Å². The summed E-state index contributed by atoms with van der Waals surface area (Å²) in [6.45, 7) is 4.56. The number of nitrogens with one attached hydrogen (secondary N) is 1. The maximum absolute atomic E-state index is 9.69. The average molecular weight is 228 g/mol. The Morgan fingerprint density at radius 1 is 1.24 bits per heavy atom. The van der Waals surface area contributed by atoms with Crippen molar-refractivity contribution in [1.82, 2.24) is 4.98 Å². The number of aromatic nitrogens is 1. The molecular formula is C14H16N2O. The van der Waals surface area contributed by atoms with Gasteiger partial charge in [0.15, 0.2) is 0 Å². The van der Waals surface area contributed by atoms with Gasteiger partial charge < -0.3 is 10.4 Å². The molecule has 3 nitrogen and oxygen atoms in total. The number of aromatic hydroxyl groups is 1. The summed E-state index contributed by atoms with van der Waals surface area (Å²) in [5.74, 6) is 0.384. The highest BCUT2D eigenvalue weighted by molar-refractivity contribution is 5.45. The van der Waals surface area contributed by atoms with Gasteiger partial charge in [0.25, 0.3) is 0 Å². The molecule has 1 aromatic carbocycles. The van der Waals surface area contributed by atoms with Crippen LogP contribution in [0.2, 0.25) is 0 Å². The standard InChI is InChI=1S/C14H16N2O/c1-10-6-12(7-11(2)14(10)17)8-16-13-4-3-5-15-9-13/h3-7,9,16-17H,8H2,1-2H3. The lowest BCUT2D eigenvalue weighted by Crippen LogP contribution is -2.00. The summed E-state index contributed by atoms with van der Waals surface area (Å²) in [6.07, 6.45) is 3.54. The molecule has 2 rings (SSSR count). The minimum atomic E-state index is 0.384. The van der Waals surface area contributed by atoms with Crippen LogP contribution in [0.25, 0.3) is 0 Å². The zero-order valence-electron chi connectivity index (χ0n) is 10.1. The van der Waals surface area contributed by atoms with Crippen molar-refractivity contribution in [2.75, 3.05) is 5.32 Å². The van der Waals surface area contributed by atoms with E-state index in [1.165, 1.54) is 0 Å². The highest BCUT2D eigenvalue weighted by atomic mass is 16.3. The number of hydrogen-bond donors (Lipinski definition) is 2. The van der Waals surface area contributed by atoms with Crippen LogP contribution in [0.3, 0.4) is 0 Å². The zero-order valence-corrected chi connectivity index (χ0v) is 10.1. The lowest BCUT2D eigenvalue weighted by atomic mass is 10.1. The Morgan fingerprint density at radius 3 is 2.53 bits per heavy atom. The van der Waals surface area contributed by atoms with Gasteiger partial charge in [-0.25, -0.2) is 0 Å². The number of phenols is 1. The third-order valence-electron chi connectivity index (χ3n) is 2.71. The topological polar surface area (TPSA) is 45.2 Å². The van der Waals surface area contributed by atoms with E-state index < -0.39 is 0 Å². The molecule has 1 aromatic heterocycles. The second-order valence-corrected chi connectivity index (χ2v) is 4.17. The molecule has 1 heterocycles. The van der Waals surface area contributed by atoms with Crippen LogP contribution in [0.15, 0.2) is 36.7 Å². The molecule has 0 unspecified atom stereocenters. The van der Waals surface area contributed by atoms with E-state index in [2.05, 4.69) is 10.3 Å². The van der Waals surface area contributed by atoms with Crippen LogP contribution >= 0.6 is 0 Å². The summed E-state index contributed by atoms with van der Waals surface area (Å²) in [5.41, 5.74) is 3.97. The Bertz CT molecular complexity index is 486. The molecule has 17 heavy (non-hydrogen) atoms. The van der Waals surface area contributed by atoms with Crippen molar-refractivity contribution in [3.05, 3.63) is 53.3 Å². The molecule has 0 aliphatic rings. The molecule has 2 N–H and O–H groups in total. The number of hydrogen-bond acceptors (Lipinski definition) is 3. The number of anilines is 1. The summed E-state index contributed by atoms with van der Waals surface area (Å²) in [5, 5.41) is 13.0. The van der Waals surface area contributed by atoms with E-state index in [0.29, 0.717) is 5.75 Å². The minimum absolute atomic E-state index is 0.384. The first kappa shape index (κ1) is 11.5. The maximum atomic E-state index is 9.69. The van der Waals surface area contributed by atoms with E-state index in [1.54, 1.807) is 12.4 Å². The SMILES string of the molecule is Cc1cc(CNc2cccnc2)cc(C)c1O. The molecule has 88 valence electrons. The van der Waals surface area contributed by atoms with Gasteiger partial charge in [0, 0.05) is 18.9 Å². The van der Waals surface area contributed by atoms with Crippen LogP contribution in [0.5, 0.6) is 5.75 Å². The molecule has 0 spiro atoms. The second-order valence-electron chi connectivity index (χ2n) is 4.17. The van der Waals surface area contributed by atoms with Crippen molar-refractivity contribution in [3.63, 3.8) is 0 Å². The van der Waals surface area contributed by atoms with E-state index in [4.69, 9.17) is 0 Å². The number of aryl methyl sites for hydroxylation is 2. The van der Waals surface area contributed by atoms with E-state index in [9.17, 15) is 5.11 Å². The number of pyridine rings is 1. The highest BCUT2D eigenvalue weighted by Crippen LogP contribution is 2.23. The Labute approximate surface area is 101 Å². The van der Waals surface area contributed by atoms with Crippen molar-refractivity contribution >= 4 is 5.69 Å². The van der Waals surface area contributed by atoms with Crippen molar-refractivity contribution in [2.24, 2.45) is 0 Å². The Morgan fingerprint density at radius 2 is 1.94 bits per heavy atom. The Balaban J connectivity index is 2.10. The lowest BCUT2D eigenvalue weighted by molar-refractivity contribution is 0.466. The van der Waals surface area contributed by atoms with Gasteiger partial charge in [-0.2, -0.15) is 0 Å². The fraction of sp³-hybridized carbons (Fsp3) is 0.214. The molecule has 0 atom stereocenters. The molecule has 0 aliphatic heterocycles. The molecule has 3 heteroatoms. The smallest absolute Gasteiger partial charge is 0.121 e. The molecule has 0 bridgehead atoms. The number of nitrogens with zero attached hydrogens (tertiary/aromatic N) is 1. The quantitative estimate of drug-likeness (QED) is 0.848. The van der Waals surface area contributed by atoms with Gasteiger partial charge in [-0.3, -0.25) is 4.98 Å². The predicted molar refractivity (Wildman–Crippen MR) is 69.1 cm³/mol. The molecule has 0 saturated carbocycles. The van der Waals surface area contributed by atoms with E-state index in [0.717, 1.165) is 28.9 Å². The first-order chi connectivity index (χ1) is 8.16. The van der Waals surface area contributed by atoms with Gasteiger partial charge >= 0.3 is 0 Å². The third kappa shape index (κ3) is 2.75. The minimum Gasteiger partial charge on any atom is -0.507 e. The van der Waals surface area contributed by atoms with Gasteiger partial charge in [-0.05, 0) is 42.7 Å². The van der Waals surface area contributed by atoms with Crippen molar-refractivity contribution in [1.29, 1.82) is 0 Å². The van der Waals surface area contributed by atoms with Crippen LogP contribution in [-0.2, 0) is 6.54 Å². The van der Waals surface area contributed by atoms with Crippen LogP contribution in [0.1, 0.15) is 16.7 Å². The van der Waals surface area contributed by atoms with E-state index >= 15 is 0 Å².